The van der Waals surface area contributed by atoms with E-state index in [1.54, 1.807) is 0 Å². The van der Waals surface area contributed by atoms with Gasteiger partial charge in [-0.3, -0.25) is 9.71 Å². The fraction of sp³-hybridized carbons (Fsp3) is 0.0833. The molecule has 0 spiro atoms. The highest BCUT2D eigenvalue weighted by molar-refractivity contribution is 7.92. The number of rotatable bonds is 4. The fourth-order valence-electron chi connectivity index (χ4n) is 1.60. The third-order valence-corrected chi connectivity index (χ3v) is 3.98. The van der Waals surface area contributed by atoms with E-state index in [2.05, 4.69) is 9.71 Å². The molecule has 20 heavy (non-hydrogen) atoms. The Bertz CT molecular complexity index is 721. The molecule has 0 saturated heterocycles. The molecule has 0 amide bonds. The Morgan fingerprint density at radius 3 is 2.40 bits per heavy atom. The average Bonchev–Trinajstić information content (AvgIpc) is 2.39. The van der Waals surface area contributed by atoms with Crippen molar-refractivity contribution in [1.29, 1.82) is 0 Å². The van der Waals surface area contributed by atoms with Crippen LogP contribution in [0.5, 0.6) is 0 Å². The van der Waals surface area contributed by atoms with Crippen molar-refractivity contribution in [3.8, 4) is 0 Å². The van der Waals surface area contributed by atoms with Crippen molar-refractivity contribution in [2.45, 2.75) is 11.4 Å². The SMILES string of the molecule is NCc1c(F)ccc(S(=O)(=O)Nc2ccncc2)c1F. The molecular formula is C12H11F2N3O2S. The largest absolute Gasteiger partial charge is 0.326 e. The van der Waals surface area contributed by atoms with Gasteiger partial charge in [0, 0.05) is 24.5 Å². The zero-order valence-electron chi connectivity index (χ0n) is 10.2. The maximum absolute atomic E-state index is 14.0. The van der Waals surface area contributed by atoms with Crippen LogP contribution < -0.4 is 10.5 Å². The van der Waals surface area contributed by atoms with Crippen LogP contribution in [0, 0.1) is 11.6 Å². The predicted molar refractivity (Wildman–Crippen MR) is 69.3 cm³/mol. The van der Waals surface area contributed by atoms with Gasteiger partial charge in [0.25, 0.3) is 10.0 Å². The van der Waals surface area contributed by atoms with E-state index < -0.39 is 38.7 Å². The topological polar surface area (TPSA) is 85.1 Å². The molecule has 2 aromatic rings. The van der Waals surface area contributed by atoms with Crippen LogP contribution >= 0.6 is 0 Å². The molecule has 8 heteroatoms. The van der Waals surface area contributed by atoms with Crippen LogP contribution in [0.2, 0.25) is 0 Å². The van der Waals surface area contributed by atoms with E-state index in [4.69, 9.17) is 5.73 Å². The molecule has 106 valence electrons. The van der Waals surface area contributed by atoms with Gasteiger partial charge in [-0.15, -0.1) is 0 Å². The van der Waals surface area contributed by atoms with Gasteiger partial charge in [0.05, 0.1) is 5.69 Å². The predicted octanol–water partition coefficient (Wildman–Crippen LogP) is 1.62. The van der Waals surface area contributed by atoms with E-state index in [0.29, 0.717) is 0 Å². The number of aromatic nitrogens is 1. The van der Waals surface area contributed by atoms with E-state index in [-0.39, 0.29) is 5.69 Å². The Balaban J connectivity index is 2.45. The molecule has 1 aromatic heterocycles. The zero-order chi connectivity index (χ0) is 14.8. The van der Waals surface area contributed by atoms with Crippen LogP contribution in [-0.4, -0.2) is 13.4 Å². The summed E-state index contributed by atoms with van der Waals surface area (Å²) in [6, 6.07) is 4.53. The van der Waals surface area contributed by atoms with Crippen LogP contribution in [0.15, 0.2) is 41.6 Å². The number of anilines is 1. The molecule has 1 heterocycles. The van der Waals surface area contributed by atoms with Crippen LogP contribution in [-0.2, 0) is 16.6 Å². The lowest BCUT2D eigenvalue weighted by molar-refractivity contribution is 0.530. The number of nitrogens with one attached hydrogen (secondary N) is 1. The summed E-state index contributed by atoms with van der Waals surface area (Å²) in [6.07, 6.45) is 2.76. The molecule has 2 rings (SSSR count). The molecule has 1 aromatic carbocycles. The first-order valence-electron chi connectivity index (χ1n) is 5.55. The lowest BCUT2D eigenvalue weighted by Gasteiger charge is -2.11. The van der Waals surface area contributed by atoms with Crippen molar-refractivity contribution in [2.75, 3.05) is 4.72 Å². The van der Waals surface area contributed by atoms with E-state index >= 15 is 0 Å². The first-order valence-corrected chi connectivity index (χ1v) is 7.04. The van der Waals surface area contributed by atoms with Gasteiger partial charge in [-0.1, -0.05) is 0 Å². The Morgan fingerprint density at radius 2 is 1.80 bits per heavy atom. The van der Waals surface area contributed by atoms with Crippen LogP contribution in [0.4, 0.5) is 14.5 Å². The molecule has 0 unspecified atom stereocenters. The number of benzene rings is 1. The van der Waals surface area contributed by atoms with E-state index in [1.165, 1.54) is 24.5 Å². The summed E-state index contributed by atoms with van der Waals surface area (Å²) in [4.78, 5) is 3.07. The molecule has 0 saturated carbocycles. The first kappa shape index (κ1) is 14.4. The van der Waals surface area contributed by atoms with Gasteiger partial charge in [-0.05, 0) is 24.3 Å². The van der Waals surface area contributed by atoms with Gasteiger partial charge < -0.3 is 5.73 Å². The van der Waals surface area contributed by atoms with Crippen molar-refractivity contribution >= 4 is 15.7 Å². The van der Waals surface area contributed by atoms with Crippen molar-refractivity contribution in [1.82, 2.24) is 4.98 Å². The molecule has 0 aliphatic heterocycles. The Morgan fingerprint density at radius 1 is 1.15 bits per heavy atom. The van der Waals surface area contributed by atoms with Crippen molar-refractivity contribution in [3.05, 3.63) is 53.9 Å². The Kier molecular flexibility index (Phi) is 3.96. The lowest BCUT2D eigenvalue weighted by Crippen LogP contribution is -2.17. The highest BCUT2D eigenvalue weighted by atomic mass is 32.2. The zero-order valence-corrected chi connectivity index (χ0v) is 11.0. The molecular weight excluding hydrogens is 288 g/mol. The van der Waals surface area contributed by atoms with Gasteiger partial charge >= 0.3 is 0 Å². The number of nitrogens with zero attached hydrogens (tertiary/aromatic N) is 1. The number of hydrogen-bond acceptors (Lipinski definition) is 4. The lowest BCUT2D eigenvalue weighted by atomic mass is 10.2. The van der Waals surface area contributed by atoms with Crippen molar-refractivity contribution < 1.29 is 17.2 Å². The number of pyridine rings is 1. The Labute approximate surface area is 114 Å². The molecule has 0 atom stereocenters. The summed E-state index contributed by atoms with van der Waals surface area (Å²) in [6.45, 7) is -0.434. The second kappa shape index (κ2) is 5.51. The number of hydrogen-bond donors (Lipinski definition) is 2. The first-order chi connectivity index (χ1) is 9.45. The van der Waals surface area contributed by atoms with Gasteiger partial charge in [-0.25, -0.2) is 17.2 Å². The molecule has 0 radical (unpaired) electrons. The van der Waals surface area contributed by atoms with Crippen LogP contribution in [0.1, 0.15) is 5.56 Å². The average molecular weight is 299 g/mol. The smallest absolute Gasteiger partial charge is 0.264 e. The van der Waals surface area contributed by atoms with Crippen LogP contribution in [0.3, 0.4) is 0 Å². The maximum atomic E-state index is 14.0. The molecule has 5 nitrogen and oxygen atoms in total. The standard InChI is InChI=1S/C12H11F2N3O2S/c13-10-1-2-11(12(14)9(10)7-15)20(18,19)17-8-3-5-16-6-4-8/h1-6H,7,15H2,(H,16,17). The fourth-order valence-corrected chi connectivity index (χ4v) is 2.76. The van der Waals surface area contributed by atoms with Crippen molar-refractivity contribution in [2.24, 2.45) is 5.73 Å². The molecule has 0 fully saturated rings. The summed E-state index contributed by atoms with van der Waals surface area (Å²) >= 11 is 0. The summed E-state index contributed by atoms with van der Waals surface area (Å²) in [7, 11) is -4.17. The summed E-state index contributed by atoms with van der Waals surface area (Å²) in [5.74, 6) is -2.07. The molecule has 0 bridgehead atoms. The minimum absolute atomic E-state index is 0.220. The minimum Gasteiger partial charge on any atom is -0.326 e. The monoisotopic (exact) mass is 299 g/mol. The quantitative estimate of drug-likeness (QED) is 0.898. The summed E-state index contributed by atoms with van der Waals surface area (Å²) in [5.41, 5.74) is 4.96. The summed E-state index contributed by atoms with van der Waals surface area (Å²) < 4.78 is 53.6. The molecule has 0 aliphatic carbocycles. The molecule has 3 N–H and O–H groups in total. The molecule has 0 aliphatic rings. The maximum Gasteiger partial charge on any atom is 0.264 e. The van der Waals surface area contributed by atoms with E-state index in [9.17, 15) is 17.2 Å². The second-order valence-electron chi connectivity index (χ2n) is 3.88. The van der Waals surface area contributed by atoms with Gasteiger partial charge in [0.1, 0.15) is 10.7 Å². The third-order valence-electron chi connectivity index (χ3n) is 2.58. The van der Waals surface area contributed by atoms with E-state index in [0.717, 1.165) is 12.1 Å². The highest BCUT2D eigenvalue weighted by Gasteiger charge is 2.23. The van der Waals surface area contributed by atoms with Crippen LogP contribution in [0.25, 0.3) is 0 Å². The van der Waals surface area contributed by atoms with Gasteiger partial charge in [-0.2, -0.15) is 0 Å². The highest BCUT2D eigenvalue weighted by Crippen LogP contribution is 2.22. The minimum atomic E-state index is -4.17. The van der Waals surface area contributed by atoms with Crippen molar-refractivity contribution in [3.63, 3.8) is 0 Å². The number of halogens is 2. The summed E-state index contributed by atoms with van der Waals surface area (Å²) in [5, 5.41) is 0. The third kappa shape index (κ3) is 2.75. The van der Waals surface area contributed by atoms with E-state index in [1.807, 2.05) is 0 Å². The Hall–Kier alpha value is -2.06. The normalized spacial score (nSPS) is 11.3. The van der Waals surface area contributed by atoms with Gasteiger partial charge in [0.2, 0.25) is 0 Å². The van der Waals surface area contributed by atoms with Gasteiger partial charge in [0.15, 0.2) is 5.82 Å². The second-order valence-corrected chi connectivity index (χ2v) is 5.53. The number of sulfonamides is 1. The number of nitrogens with two attached hydrogens (primary N) is 1.